The second-order valence-corrected chi connectivity index (χ2v) is 4.33. The number of nitrogens with zero attached hydrogens (tertiary/aromatic N) is 2. The molecule has 0 radical (unpaired) electrons. The molecule has 3 rings (SSSR count). The Balaban J connectivity index is 1.72. The number of hydrogen-bond donors (Lipinski definition) is 1. The zero-order chi connectivity index (χ0) is 13.1. The van der Waals surface area contributed by atoms with E-state index in [1.807, 2.05) is 54.7 Å². The van der Waals surface area contributed by atoms with Crippen LogP contribution in [0.5, 0.6) is 0 Å². The van der Waals surface area contributed by atoms with Gasteiger partial charge < -0.3 is 5.32 Å². The smallest absolute Gasteiger partial charge is 0.228 e. The summed E-state index contributed by atoms with van der Waals surface area (Å²) in [6, 6.07) is 15.3. The van der Waals surface area contributed by atoms with Crippen molar-refractivity contribution in [2.45, 2.75) is 6.42 Å². The summed E-state index contributed by atoms with van der Waals surface area (Å²) in [6.07, 6.45) is 3.93. The summed E-state index contributed by atoms with van der Waals surface area (Å²) < 4.78 is 1.76. The van der Waals surface area contributed by atoms with E-state index in [0.29, 0.717) is 6.42 Å². The summed E-state index contributed by atoms with van der Waals surface area (Å²) in [5.41, 5.74) is 2.75. The van der Waals surface area contributed by atoms with Gasteiger partial charge in [0.1, 0.15) is 0 Å². The Bertz CT molecular complexity index is 703. The van der Waals surface area contributed by atoms with Crippen LogP contribution in [0.3, 0.4) is 0 Å². The Kier molecular flexibility index (Phi) is 2.98. The van der Waals surface area contributed by atoms with Gasteiger partial charge in [-0.3, -0.25) is 4.79 Å². The first-order chi connectivity index (χ1) is 9.31. The normalized spacial score (nSPS) is 10.5. The molecular formula is C15H13N3O. The molecule has 0 aliphatic rings. The molecule has 0 unspecified atom stereocenters. The molecule has 1 aromatic carbocycles. The van der Waals surface area contributed by atoms with Crippen molar-refractivity contribution < 1.29 is 4.79 Å². The second-order valence-electron chi connectivity index (χ2n) is 4.33. The van der Waals surface area contributed by atoms with Crippen LogP contribution in [-0.2, 0) is 11.2 Å². The number of nitrogens with one attached hydrogen (secondary N) is 1. The molecule has 19 heavy (non-hydrogen) atoms. The first kappa shape index (κ1) is 11.5. The van der Waals surface area contributed by atoms with E-state index in [4.69, 9.17) is 0 Å². The van der Waals surface area contributed by atoms with Crippen LogP contribution in [-0.4, -0.2) is 15.5 Å². The fourth-order valence-electron chi connectivity index (χ4n) is 1.99. The first-order valence-corrected chi connectivity index (χ1v) is 6.08. The van der Waals surface area contributed by atoms with Gasteiger partial charge in [-0.1, -0.05) is 30.3 Å². The number of aromatic nitrogens is 2. The van der Waals surface area contributed by atoms with E-state index in [1.165, 1.54) is 0 Å². The van der Waals surface area contributed by atoms with E-state index in [1.54, 1.807) is 10.7 Å². The largest absolute Gasteiger partial charge is 0.326 e. The van der Waals surface area contributed by atoms with Crippen LogP contribution in [0.2, 0.25) is 0 Å². The van der Waals surface area contributed by atoms with Gasteiger partial charge in [0.05, 0.1) is 11.9 Å². The van der Waals surface area contributed by atoms with Gasteiger partial charge in [0.25, 0.3) is 0 Å². The molecule has 1 amide bonds. The number of carbonyl (C=O) groups excluding carboxylic acids is 1. The summed E-state index contributed by atoms with van der Waals surface area (Å²) in [6.45, 7) is 0. The third-order valence-corrected chi connectivity index (χ3v) is 2.89. The standard InChI is InChI=1S/C15H13N3O/c19-15(10-12-4-2-1-3-5-12)17-13-7-9-18-14(11-13)6-8-16-18/h1-9,11H,10H2,(H,17,19). The predicted octanol–water partition coefficient (Wildman–Crippen LogP) is 2.52. The molecule has 0 atom stereocenters. The molecular weight excluding hydrogens is 238 g/mol. The quantitative estimate of drug-likeness (QED) is 0.777. The number of hydrogen-bond acceptors (Lipinski definition) is 2. The molecule has 0 saturated carbocycles. The molecule has 0 aliphatic carbocycles. The van der Waals surface area contributed by atoms with Gasteiger partial charge >= 0.3 is 0 Å². The second kappa shape index (κ2) is 4.94. The van der Waals surface area contributed by atoms with Gasteiger partial charge in [0.15, 0.2) is 0 Å². The van der Waals surface area contributed by atoms with E-state index in [0.717, 1.165) is 16.8 Å². The van der Waals surface area contributed by atoms with Crippen molar-refractivity contribution in [3.8, 4) is 0 Å². The number of amides is 1. The zero-order valence-electron chi connectivity index (χ0n) is 10.3. The highest BCUT2D eigenvalue weighted by molar-refractivity contribution is 5.92. The van der Waals surface area contributed by atoms with Gasteiger partial charge in [0.2, 0.25) is 5.91 Å². The van der Waals surface area contributed by atoms with E-state index in [-0.39, 0.29) is 5.91 Å². The summed E-state index contributed by atoms with van der Waals surface area (Å²) in [5, 5.41) is 7.00. The van der Waals surface area contributed by atoms with Crippen molar-refractivity contribution in [1.29, 1.82) is 0 Å². The van der Waals surface area contributed by atoms with Crippen molar-refractivity contribution >= 4 is 17.1 Å². The third-order valence-electron chi connectivity index (χ3n) is 2.89. The number of anilines is 1. The van der Waals surface area contributed by atoms with E-state index >= 15 is 0 Å². The molecule has 2 heterocycles. The Morgan fingerprint density at radius 2 is 2.00 bits per heavy atom. The van der Waals surface area contributed by atoms with Gasteiger partial charge in [-0.2, -0.15) is 5.10 Å². The molecule has 0 saturated heterocycles. The topological polar surface area (TPSA) is 46.4 Å². The van der Waals surface area contributed by atoms with Gasteiger partial charge in [-0.25, -0.2) is 4.52 Å². The van der Waals surface area contributed by atoms with E-state index in [9.17, 15) is 4.79 Å². The Hall–Kier alpha value is -2.62. The van der Waals surface area contributed by atoms with Crippen molar-refractivity contribution in [3.05, 3.63) is 66.5 Å². The van der Waals surface area contributed by atoms with Crippen molar-refractivity contribution in [2.24, 2.45) is 0 Å². The average molecular weight is 251 g/mol. The summed E-state index contributed by atoms with van der Waals surface area (Å²) in [5.74, 6) is -0.0185. The highest BCUT2D eigenvalue weighted by atomic mass is 16.1. The van der Waals surface area contributed by atoms with Crippen LogP contribution in [0.4, 0.5) is 5.69 Å². The zero-order valence-corrected chi connectivity index (χ0v) is 10.3. The highest BCUT2D eigenvalue weighted by Gasteiger charge is 2.04. The van der Waals surface area contributed by atoms with E-state index in [2.05, 4.69) is 10.4 Å². The Morgan fingerprint density at radius 1 is 1.16 bits per heavy atom. The van der Waals surface area contributed by atoms with Crippen LogP contribution in [0, 0.1) is 0 Å². The van der Waals surface area contributed by atoms with E-state index < -0.39 is 0 Å². The predicted molar refractivity (Wildman–Crippen MR) is 74.0 cm³/mol. The molecule has 0 fully saturated rings. The monoisotopic (exact) mass is 251 g/mol. The lowest BCUT2D eigenvalue weighted by Gasteiger charge is -2.05. The highest BCUT2D eigenvalue weighted by Crippen LogP contribution is 2.12. The van der Waals surface area contributed by atoms with Crippen molar-refractivity contribution in [1.82, 2.24) is 9.61 Å². The fraction of sp³-hybridized carbons (Fsp3) is 0.0667. The van der Waals surface area contributed by atoms with Crippen LogP contribution in [0.15, 0.2) is 60.9 Å². The fourth-order valence-corrected chi connectivity index (χ4v) is 1.99. The lowest BCUT2D eigenvalue weighted by atomic mass is 10.1. The number of pyridine rings is 1. The summed E-state index contributed by atoms with van der Waals surface area (Å²) in [4.78, 5) is 11.9. The molecule has 3 aromatic rings. The molecule has 94 valence electrons. The minimum absolute atomic E-state index is 0.0185. The van der Waals surface area contributed by atoms with Gasteiger partial charge in [-0.05, 0) is 23.8 Å². The number of fused-ring (bicyclic) bond motifs is 1. The van der Waals surface area contributed by atoms with Crippen molar-refractivity contribution in [2.75, 3.05) is 5.32 Å². The number of rotatable bonds is 3. The lowest BCUT2D eigenvalue weighted by Crippen LogP contribution is -2.14. The van der Waals surface area contributed by atoms with Crippen molar-refractivity contribution in [3.63, 3.8) is 0 Å². The molecule has 0 aliphatic heterocycles. The molecule has 4 heteroatoms. The maximum Gasteiger partial charge on any atom is 0.228 e. The summed E-state index contributed by atoms with van der Waals surface area (Å²) in [7, 11) is 0. The summed E-state index contributed by atoms with van der Waals surface area (Å²) >= 11 is 0. The molecule has 1 N–H and O–H groups in total. The Labute approximate surface area is 110 Å². The molecule has 2 aromatic heterocycles. The van der Waals surface area contributed by atoms with Crippen LogP contribution >= 0.6 is 0 Å². The maximum absolute atomic E-state index is 11.9. The van der Waals surface area contributed by atoms with Gasteiger partial charge in [0, 0.05) is 18.1 Å². The molecule has 0 bridgehead atoms. The third kappa shape index (κ3) is 2.63. The minimum Gasteiger partial charge on any atom is -0.326 e. The SMILES string of the molecule is O=C(Cc1ccccc1)Nc1ccn2nccc2c1. The first-order valence-electron chi connectivity index (χ1n) is 6.08. The number of benzene rings is 1. The average Bonchev–Trinajstić information content (AvgIpc) is 2.87. The molecule has 4 nitrogen and oxygen atoms in total. The lowest BCUT2D eigenvalue weighted by molar-refractivity contribution is -0.115. The van der Waals surface area contributed by atoms with Crippen LogP contribution < -0.4 is 5.32 Å². The number of carbonyl (C=O) groups is 1. The van der Waals surface area contributed by atoms with Crippen LogP contribution in [0.1, 0.15) is 5.56 Å². The molecule has 0 spiro atoms. The van der Waals surface area contributed by atoms with Gasteiger partial charge in [-0.15, -0.1) is 0 Å². The minimum atomic E-state index is -0.0185. The van der Waals surface area contributed by atoms with Crippen LogP contribution in [0.25, 0.3) is 5.52 Å². The Morgan fingerprint density at radius 3 is 2.84 bits per heavy atom. The maximum atomic E-state index is 11.9.